The molecule has 32 heavy (non-hydrogen) atoms. The smallest absolute Gasteiger partial charge is 0.342 e. The molecule has 1 aromatic carbocycles. The highest BCUT2D eigenvalue weighted by molar-refractivity contribution is 7.91. The first-order chi connectivity index (χ1) is 15.3. The summed E-state index contributed by atoms with van der Waals surface area (Å²) in [5.41, 5.74) is 1.81. The Morgan fingerprint density at radius 2 is 1.97 bits per heavy atom. The molecule has 9 heteroatoms. The summed E-state index contributed by atoms with van der Waals surface area (Å²) in [4.78, 5) is 24.2. The van der Waals surface area contributed by atoms with Crippen LogP contribution in [0.15, 0.2) is 52.3 Å². The summed E-state index contributed by atoms with van der Waals surface area (Å²) < 4.78 is 38.5. The molecule has 0 bridgehead atoms. The van der Waals surface area contributed by atoms with Gasteiger partial charge in [-0.05, 0) is 24.5 Å². The Kier molecular flexibility index (Phi) is 6.24. The molecule has 1 aromatic heterocycles. The van der Waals surface area contributed by atoms with Crippen LogP contribution in [-0.2, 0) is 26.0 Å². The summed E-state index contributed by atoms with van der Waals surface area (Å²) in [6.07, 6.45) is 3.99. The van der Waals surface area contributed by atoms with Gasteiger partial charge in [0.05, 0.1) is 14.2 Å². The molecule has 1 unspecified atom stereocenters. The van der Waals surface area contributed by atoms with Gasteiger partial charge in [-0.2, -0.15) is 4.31 Å². The zero-order valence-corrected chi connectivity index (χ0v) is 19.6. The number of hydrogen-bond donors (Lipinski definition) is 0. The van der Waals surface area contributed by atoms with Gasteiger partial charge in [-0.3, -0.25) is 4.79 Å². The van der Waals surface area contributed by atoms with Crippen LogP contribution in [0.3, 0.4) is 0 Å². The number of rotatable bonds is 6. The van der Waals surface area contributed by atoms with E-state index in [1.54, 1.807) is 0 Å². The molecule has 4 rings (SSSR count). The molecule has 170 valence electrons. The summed E-state index contributed by atoms with van der Waals surface area (Å²) in [6.45, 7) is 0.479. The second kappa shape index (κ2) is 8.80. The quantitative estimate of drug-likeness (QED) is 0.470. The van der Waals surface area contributed by atoms with Gasteiger partial charge in [-0.1, -0.05) is 53.3 Å². The van der Waals surface area contributed by atoms with Gasteiger partial charge in [0.25, 0.3) is 10.0 Å². The molecule has 1 fully saturated rings. The van der Waals surface area contributed by atoms with Crippen LogP contribution in [0.2, 0.25) is 0 Å². The molecule has 2 aliphatic rings. The van der Waals surface area contributed by atoms with Crippen molar-refractivity contribution in [2.24, 2.45) is 5.41 Å². The summed E-state index contributed by atoms with van der Waals surface area (Å²) in [6, 6.07) is 11.3. The van der Waals surface area contributed by atoms with Crippen LogP contribution in [0.1, 0.15) is 35.2 Å². The number of esters is 1. The van der Waals surface area contributed by atoms with Crippen molar-refractivity contribution in [3.63, 3.8) is 0 Å². The Morgan fingerprint density at radius 3 is 2.66 bits per heavy atom. The van der Waals surface area contributed by atoms with Crippen LogP contribution < -0.4 is 4.74 Å². The van der Waals surface area contributed by atoms with Crippen molar-refractivity contribution in [3.8, 4) is 5.06 Å². The second-order valence-electron chi connectivity index (χ2n) is 8.15. The number of carbonyl (C=O) groups is 2. The number of Topliss-reactive ketones (excluding diaryl/α,β-unsaturated/α-hetero) is 1. The van der Waals surface area contributed by atoms with Gasteiger partial charge in [0.2, 0.25) is 0 Å². The molecule has 1 aliphatic heterocycles. The fourth-order valence-corrected chi connectivity index (χ4v) is 7.42. The Morgan fingerprint density at radius 1 is 1.22 bits per heavy atom. The molecule has 0 amide bonds. The van der Waals surface area contributed by atoms with E-state index in [1.165, 1.54) is 24.6 Å². The van der Waals surface area contributed by atoms with Crippen LogP contribution in [-0.4, -0.2) is 51.8 Å². The van der Waals surface area contributed by atoms with Crippen LogP contribution in [0.25, 0.3) is 0 Å². The topological polar surface area (TPSA) is 90.0 Å². The first-order valence-electron chi connectivity index (χ1n) is 10.3. The van der Waals surface area contributed by atoms with Gasteiger partial charge in [0.1, 0.15) is 15.6 Å². The maximum atomic E-state index is 13.5. The number of carbonyl (C=O) groups excluding carboxylic acids is 2. The van der Waals surface area contributed by atoms with Crippen molar-refractivity contribution in [1.29, 1.82) is 0 Å². The van der Waals surface area contributed by atoms with E-state index in [0.29, 0.717) is 25.7 Å². The third-order valence-corrected chi connectivity index (χ3v) is 9.57. The van der Waals surface area contributed by atoms with E-state index in [1.807, 2.05) is 36.4 Å². The lowest BCUT2D eigenvalue weighted by Crippen LogP contribution is -2.48. The van der Waals surface area contributed by atoms with E-state index >= 15 is 0 Å². The van der Waals surface area contributed by atoms with E-state index in [9.17, 15) is 18.0 Å². The van der Waals surface area contributed by atoms with Crippen LogP contribution in [0, 0.1) is 5.41 Å². The van der Waals surface area contributed by atoms with Crippen molar-refractivity contribution in [2.75, 3.05) is 27.3 Å². The van der Waals surface area contributed by atoms with Crippen molar-refractivity contribution in [2.45, 2.75) is 29.9 Å². The van der Waals surface area contributed by atoms with Gasteiger partial charge in [0.15, 0.2) is 5.06 Å². The van der Waals surface area contributed by atoms with E-state index in [0.717, 1.165) is 22.5 Å². The Bertz CT molecular complexity index is 1170. The normalized spacial score (nSPS) is 21.6. The maximum absolute atomic E-state index is 13.5. The number of thiophene rings is 1. The van der Waals surface area contributed by atoms with Gasteiger partial charge in [0, 0.05) is 31.3 Å². The van der Waals surface area contributed by atoms with Gasteiger partial charge < -0.3 is 9.47 Å². The van der Waals surface area contributed by atoms with E-state index in [4.69, 9.17) is 9.47 Å². The molecule has 0 radical (unpaired) electrons. The lowest BCUT2D eigenvalue weighted by atomic mass is 9.65. The third kappa shape index (κ3) is 4.12. The van der Waals surface area contributed by atoms with Gasteiger partial charge in [-0.15, -0.1) is 0 Å². The lowest BCUT2D eigenvalue weighted by molar-refractivity contribution is -0.120. The first-order valence-corrected chi connectivity index (χ1v) is 12.6. The number of ketones is 1. The van der Waals surface area contributed by atoms with E-state index < -0.39 is 21.4 Å². The monoisotopic (exact) mass is 475 g/mol. The molecular formula is C23H25NO6S2. The summed E-state index contributed by atoms with van der Waals surface area (Å²) in [5, 5.41) is 0.200. The van der Waals surface area contributed by atoms with Crippen molar-refractivity contribution in [3.05, 3.63) is 59.2 Å². The minimum atomic E-state index is -3.88. The molecule has 0 saturated heterocycles. The number of fused-ring (bicyclic) bond motifs is 1. The molecular weight excluding hydrogens is 450 g/mol. The minimum absolute atomic E-state index is 0.0355. The van der Waals surface area contributed by atoms with Crippen molar-refractivity contribution >= 4 is 33.1 Å². The van der Waals surface area contributed by atoms with Crippen molar-refractivity contribution < 1.29 is 27.5 Å². The van der Waals surface area contributed by atoms with Crippen LogP contribution >= 0.6 is 11.3 Å². The fraction of sp³-hybridized carbons (Fsp3) is 0.391. The molecule has 0 spiro atoms. The largest absolute Gasteiger partial charge is 0.487 e. The molecule has 0 N–H and O–H groups in total. The zero-order chi connectivity index (χ0) is 22.9. The number of ether oxygens (including phenoxy) is 2. The molecule has 1 aliphatic carbocycles. The highest BCUT2D eigenvalue weighted by Crippen LogP contribution is 2.46. The van der Waals surface area contributed by atoms with Crippen LogP contribution in [0.5, 0.6) is 5.06 Å². The maximum Gasteiger partial charge on any atom is 0.342 e. The van der Waals surface area contributed by atoms with E-state index in [2.05, 4.69) is 0 Å². The second-order valence-corrected chi connectivity index (χ2v) is 11.3. The first kappa shape index (κ1) is 22.7. The predicted molar refractivity (Wildman–Crippen MR) is 120 cm³/mol. The number of sulfonamides is 1. The average molecular weight is 476 g/mol. The number of nitrogens with zero attached hydrogens (tertiary/aromatic N) is 1. The molecule has 1 saturated carbocycles. The van der Waals surface area contributed by atoms with E-state index in [-0.39, 0.29) is 33.7 Å². The average Bonchev–Trinajstić information content (AvgIpc) is 3.24. The Labute approximate surface area is 191 Å². The summed E-state index contributed by atoms with van der Waals surface area (Å²) in [5.74, 6) is -0.450. The lowest BCUT2D eigenvalue weighted by Gasteiger charge is -2.45. The summed E-state index contributed by atoms with van der Waals surface area (Å²) in [7, 11) is -1.25. The number of methoxy groups -OCH3 is 2. The third-order valence-electron chi connectivity index (χ3n) is 6.22. The highest BCUT2D eigenvalue weighted by atomic mass is 32.2. The predicted octanol–water partition coefficient (Wildman–Crippen LogP) is 3.46. The molecule has 7 nitrogen and oxygen atoms in total. The zero-order valence-electron chi connectivity index (χ0n) is 18.0. The molecule has 2 aromatic rings. The SMILES string of the molecule is COC(=O)c1cc(S(=O)(=O)N2CC=C3CC(=O)CCC3(Cc3ccccc3)C2)sc1OC. The molecule has 2 heterocycles. The van der Waals surface area contributed by atoms with Gasteiger partial charge in [-0.25, -0.2) is 13.2 Å². The fourth-order valence-electron chi connectivity index (χ4n) is 4.55. The number of hydrogen-bond acceptors (Lipinski definition) is 7. The highest BCUT2D eigenvalue weighted by Gasteiger charge is 2.45. The minimum Gasteiger partial charge on any atom is -0.487 e. The van der Waals surface area contributed by atoms with Crippen LogP contribution in [0.4, 0.5) is 0 Å². The molecule has 1 atom stereocenters. The standard InChI is InChI=1S/C23H25NO6S2/c1-29-21(26)19-13-20(31-22(19)30-2)32(27,28)24-11-9-17-12-18(25)8-10-23(17,15-24)14-16-6-4-3-5-7-16/h3-7,9,13H,8,10-12,14-15H2,1-2H3. The van der Waals surface area contributed by atoms with Gasteiger partial charge >= 0.3 is 5.97 Å². The Balaban J connectivity index is 1.70. The van der Waals surface area contributed by atoms with Crippen molar-refractivity contribution in [1.82, 2.24) is 4.31 Å². The Hall–Kier alpha value is -2.49. The summed E-state index contributed by atoms with van der Waals surface area (Å²) >= 11 is 0.909. The number of benzene rings is 1.